The van der Waals surface area contributed by atoms with Crippen molar-refractivity contribution in [3.8, 4) is 6.01 Å². The van der Waals surface area contributed by atoms with Crippen LogP contribution in [-0.4, -0.2) is 9.67 Å². The second-order valence-electron chi connectivity index (χ2n) is 2.76. The van der Waals surface area contributed by atoms with Crippen LogP contribution in [0, 0.1) is 0 Å². The van der Waals surface area contributed by atoms with Gasteiger partial charge >= 0.3 is 6.01 Å². The van der Waals surface area contributed by atoms with Crippen LogP contribution >= 0.6 is 0 Å². The lowest BCUT2D eigenvalue weighted by atomic mass is 10.3. The molecule has 0 bridgehead atoms. The predicted molar refractivity (Wildman–Crippen MR) is 42.2 cm³/mol. The van der Waals surface area contributed by atoms with Crippen molar-refractivity contribution in [2.75, 3.05) is 0 Å². The zero-order valence-electron chi connectivity index (χ0n) is 7.12. The molecule has 1 aromatic heterocycles. The molecule has 1 heterocycles. The first kappa shape index (κ1) is 8.11. The summed E-state index contributed by atoms with van der Waals surface area (Å²) < 4.78 is 3.55. The van der Waals surface area contributed by atoms with Gasteiger partial charge in [0.15, 0.2) is 0 Å². The Bertz CT molecular complexity index is 230. The van der Waals surface area contributed by atoms with E-state index in [-0.39, 0.29) is 0 Å². The van der Waals surface area contributed by atoms with E-state index in [1.165, 1.54) is 0 Å². The van der Waals surface area contributed by atoms with Gasteiger partial charge in [0.2, 0.25) is 0 Å². The number of unbranched alkanes of at least 4 members (excludes halogenated alkanes) is 1. The van der Waals surface area contributed by atoms with Crippen LogP contribution in [0.25, 0.3) is 0 Å². The maximum Gasteiger partial charge on any atom is 0.453 e. The molecule has 0 spiro atoms. The highest BCUT2D eigenvalue weighted by Gasteiger charge is 2.10. The van der Waals surface area contributed by atoms with Crippen molar-refractivity contribution in [3.05, 3.63) is 12.4 Å². The van der Waals surface area contributed by atoms with Crippen molar-refractivity contribution >= 4 is 0 Å². The molecule has 0 aliphatic carbocycles. The summed E-state index contributed by atoms with van der Waals surface area (Å²) in [5.41, 5.74) is 0. The fourth-order valence-electron chi connectivity index (χ4n) is 1.02. The zero-order valence-corrected chi connectivity index (χ0v) is 7.12. The molecule has 0 aliphatic rings. The quantitative estimate of drug-likeness (QED) is 0.643. The average Bonchev–Trinajstić information content (AvgIpc) is 2.31. The number of hydrogen-bond acceptors (Lipinski definition) is 1. The van der Waals surface area contributed by atoms with Crippen LogP contribution in [0.15, 0.2) is 12.4 Å². The molecule has 0 aliphatic heterocycles. The van der Waals surface area contributed by atoms with Crippen LogP contribution in [-0.2, 0) is 13.6 Å². The first-order chi connectivity index (χ1) is 5.25. The summed E-state index contributed by atoms with van der Waals surface area (Å²) in [4.78, 5) is 0. The lowest BCUT2D eigenvalue weighted by Crippen LogP contribution is -2.25. The molecule has 0 radical (unpaired) electrons. The number of imidazole rings is 1. The largest absolute Gasteiger partial charge is 0.453 e. The molecule has 0 atom stereocenters. The second-order valence-corrected chi connectivity index (χ2v) is 2.76. The minimum absolute atomic E-state index is 0.332. The van der Waals surface area contributed by atoms with Crippen LogP contribution < -0.4 is 4.57 Å². The van der Waals surface area contributed by atoms with E-state index < -0.39 is 0 Å². The van der Waals surface area contributed by atoms with Crippen molar-refractivity contribution in [3.63, 3.8) is 0 Å². The summed E-state index contributed by atoms with van der Waals surface area (Å²) in [5, 5.41) is 9.39. The number of aryl methyl sites for hydroxylation is 2. The van der Waals surface area contributed by atoms with Crippen molar-refractivity contribution in [1.29, 1.82) is 0 Å². The Morgan fingerprint density at radius 3 is 2.82 bits per heavy atom. The van der Waals surface area contributed by atoms with E-state index in [0.717, 1.165) is 19.4 Å². The van der Waals surface area contributed by atoms with Gasteiger partial charge in [0.25, 0.3) is 0 Å². The molecule has 0 saturated carbocycles. The first-order valence-electron chi connectivity index (χ1n) is 3.99. The standard InChI is InChI=1S/C8H14N2O/c1-3-4-5-10-7-6-9(2)8(10)11/h6-7H,3-5H2,1-2H3/p+1. The summed E-state index contributed by atoms with van der Waals surface area (Å²) in [6.07, 6.45) is 6.01. The predicted octanol–water partition coefficient (Wildman–Crippen LogP) is 0.818. The third kappa shape index (κ3) is 1.73. The molecule has 1 N–H and O–H groups in total. The van der Waals surface area contributed by atoms with Crippen molar-refractivity contribution in [2.24, 2.45) is 7.05 Å². The molecule has 0 fully saturated rings. The van der Waals surface area contributed by atoms with Crippen molar-refractivity contribution in [2.45, 2.75) is 26.3 Å². The molecule has 62 valence electrons. The number of nitrogens with zero attached hydrogens (tertiary/aromatic N) is 2. The minimum atomic E-state index is 0.332. The summed E-state index contributed by atoms with van der Waals surface area (Å²) in [6, 6.07) is 0.332. The Morgan fingerprint density at radius 1 is 1.64 bits per heavy atom. The Kier molecular flexibility index (Phi) is 2.52. The van der Waals surface area contributed by atoms with Crippen LogP contribution in [0.5, 0.6) is 6.01 Å². The first-order valence-corrected chi connectivity index (χ1v) is 3.99. The van der Waals surface area contributed by atoms with Crippen LogP contribution in [0.4, 0.5) is 0 Å². The second kappa shape index (κ2) is 3.42. The topological polar surface area (TPSA) is 29.0 Å². The van der Waals surface area contributed by atoms with Gasteiger partial charge in [-0.2, -0.15) is 4.57 Å². The van der Waals surface area contributed by atoms with Gasteiger partial charge in [-0.3, -0.25) is 0 Å². The van der Waals surface area contributed by atoms with Gasteiger partial charge in [-0.25, -0.2) is 4.57 Å². The summed E-state index contributed by atoms with van der Waals surface area (Å²) in [5.74, 6) is 0. The van der Waals surface area contributed by atoms with Crippen molar-refractivity contribution in [1.82, 2.24) is 4.57 Å². The fraction of sp³-hybridized carbons (Fsp3) is 0.625. The Hall–Kier alpha value is -0.990. The maximum absolute atomic E-state index is 9.39. The van der Waals surface area contributed by atoms with E-state index in [0.29, 0.717) is 6.01 Å². The molecule has 11 heavy (non-hydrogen) atoms. The van der Waals surface area contributed by atoms with Crippen molar-refractivity contribution < 1.29 is 9.67 Å². The van der Waals surface area contributed by atoms with Gasteiger partial charge in [-0.15, -0.1) is 0 Å². The smallest absolute Gasteiger partial charge is 0.446 e. The lowest BCUT2D eigenvalue weighted by Gasteiger charge is -1.93. The summed E-state index contributed by atoms with van der Waals surface area (Å²) in [6.45, 7) is 3.05. The minimum Gasteiger partial charge on any atom is -0.446 e. The number of aromatic hydroxyl groups is 1. The SMILES string of the molecule is CCCCn1cc[n+](C)c1O. The fourth-order valence-corrected chi connectivity index (χ4v) is 1.02. The van der Waals surface area contributed by atoms with Crippen LogP contribution in [0.3, 0.4) is 0 Å². The molecule has 1 rings (SSSR count). The van der Waals surface area contributed by atoms with E-state index >= 15 is 0 Å². The maximum atomic E-state index is 9.39. The lowest BCUT2D eigenvalue weighted by molar-refractivity contribution is -0.677. The Morgan fingerprint density at radius 2 is 2.36 bits per heavy atom. The monoisotopic (exact) mass is 155 g/mol. The third-order valence-electron chi connectivity index (χ3n) is 1.80. The molecular formula is C8H15N2O+. The highest BCUT2D eigenvalue weighted by atomic mass is 16.3. The molecule has 0 saturated heterocycles. The van der Waals surface area contributed by atoms with Gasteiger partial charge in [0.1, 0.15) is 12.4 Å². The molecule has 0 amide bonds. The number of hydrogen-bond donors (Lipinski definition) is 1. The molecule has 3 heteroatoms. The molecule has 1 aromatic rings. The Labute approximate surface area is 66.9 Å². The number of rotatable bonds is 3. The molecule has 3 nitrogen and oxygen atoms in total. The zero-order chi connectivity index (χ0) is 8.27. The van der Waals surface area contributed by atoms with E-state index in [4.69, 9.17) is 0 Å². The van der Waals surface area contributed by atoms with Gasteiger partial charge in [0, 0.05) is 0 Å². The van der Waals surface area contributed by atoms with Gasteiger partial charge in [0.05, 0.1) is 13.6 Å². The third-order valence-corrected chi connectivity index (χ3v) is 1.80. The highest BCUT2D eigenvalue weighted by molar-refractivity contribution is 4.84. The van der Waals surface area contributed by atoms with Gasteiger partial charge < -0.3 is 5.11 Å². The van der Waals surface area contributed by atoms with E-state index in [2.05, 4.69) is 6.92 Å². The van der Waals surface area contributed by atoms with E-state index in [9.17, 15) is 5.11 Å². The van der Waals surface area contributed by atoms with Gasteiger partial charge in [-0.1, -0.05) is 13.3 Å². The summed E-state index contributed by atoms with van der Waals surface area (Å²) in [7, 11) is 1.83. The average molecular weight is 155 g/mol. The van der Waals surface area contributed by atoms with E-state index in [1.54, 1.807) is 4.57 Å². The van der Waals surface area contributed by atoms with Crippen LogP contribution in [0.2, 0.25) is 0 Å². The molecule has 0 aromatic carbocycles. The van der Waals surface area contributed by atoms with Crippen LogP contribution in [0.1, 0.15) is 19.8 Å². The highest BCUT2D eigenvalue weighted by Crippen LogP contribution is 2.03. The number of aromatic nitrogens is 2. The molecular weight excluding hydrogens is 140 g/mol. The Balaban J connectivity index is 2.63. The molecule has 0 unspecified atom stereocenters. The summed E-state index contributed by atoms with van der Waals surface area (Å²) >= 11 is 0. The normalized spacial score (nSPS) is 10.4. The van der Waals surface area contributed by atoms with Gasteiger partial charge in [-0.05, 0) is 6.42 Å². The van der Waals surface area contributed by atoms with E-state index in [1.807, 2.05) is 24.0 Å².